The summed E-state index contributed by atoms with van der Waals surface area (Å²) in [6.07, 6.45) is 0. The molecule has 1 aliphatic rings. The molecule has 1 aliphatic heterocycles. The molecule has 4 rings (SSSR count). The molecule has 0 bridgehead atoms. The smallest absolute Gasteiger partial charge is 0.338 e. The molecule has 30 heavy (non-hydrogen) atoms. The van der Waals surface area contributed by atoms with Gasteiger partial charge in [-0.15, -0.1) is 0 Å². The maximum Gasteiger partial charge on any atom is 0.338 e. The molecule has 0 radical (unpaired) electrons. The van der Waals surface area contributed by atoms with Crippen molar-refractivity contribution < 1.29 is 27.5 Å². The highest BCUT2D eigenvalue weighted by molar-refractivity contribution is 7.91. The van der Waals surface area contributed by atoms with Gasteiger partial charge in [0, 0.05) is 11.1 Å². The molecule has 0 amide bonds. The minimum Gasteiger partial charge on any atom is -0.490 e. The van der Waals surface area contributed by atoms with Gasteiger partial charge in [0.2, 0.25) is 9.84 Å². The molecule has 0 aromatic heterocycles. The van der Waals surface area contributed by atoms with Crippen LogP contribution in [-0.2, 0) is 14.6 Å². The Morgan fingerprint density at radius 1 is 0.867 bits per heavy atom. The molecule has 6 nitrogen and oxygen atoms in total. The standard InChI is InChI=1S/C23H18O6S/c1-15-6-2-4-8-19(15)28-12-13-29-23(25)16-10-11-18-21(14-16)30(26,27)20-9-5-3-7-17(20)22(18)24/h2-11,14H,12-13H2,1H3. The average molecular weight is 422 g/mol. The summed E-state index contributed by atoms with van der Waals surface area (Å²) in [7, 11) is -3.91. The van der Waals surface area contributed by atoms with Crippen molar-refractivity contribution in [2.24, 2.45) is 0 Å². The van der Waals surface area contributed by atoms with Crippen LogP contribution in [0, 0.1) is 6.92 Å². The Morgan fingerprint density at radius 2 is 1.57 bits per heavy atom. The Labute approximate surface area is 174 Å². The summed E-state index contributed by atoms with van der Waals surface area (Å²) in [5.41, 5.74) is 1.20. The van der Waals surface area contributed by atoms with Crippen molar-refractivity contribution in [1.29, 1.82) is 0 Å². The molecular weight excluding hydrogens is 404 g/mol. The van der Waals surface area contributed by atoms with Gasteiger partial charge in [0.25, 0.3) is 0 Å². The summed E-state index contributed by atoms with van der Waals surface area (Å²) in [6.45, 7) is 2.07. The number of esters is 1. The van der Waals surface area contributed by atoms with Crippen molar-refractivity contribution >= 4 is 21.6 Å². The molecule has 0 spiro atoms. The monoisotopic (exact) mass is 422 g/mol. The van der Waals surface area contributed by atoms with Gasteiger partial charge in [-0.25, -0.2) is 13.2 Å². The second-order valence-electron chi connectivity index (χ2n) is 6.79. The second-order valence-corrected chi connectivity index (χ2v) is 8.68. The lowest BCUT2D eigenvalue weighted by atomic mass is 10.0. The van der Waals surface area contributed by atoms with E-state index in [1.807, 2.05) is 31.2 Å². The zero-order valence-corrected chi connectivity index (χ0v) is 16.9. The van der Waals surface area contributed by atoms with E-state index in [1.165, 1.54) is 30.3 Å². The van der Waals surface area contributed by atoms with Crippen molar-refractivity contribution in [3.8, 4) is 5.75 Å². The van der Waals surface area contributed by atoms with Crippen LogP contribution in [0.15, 0.2) is 76.5 Å². The fourth-order valence-corrected chi connectivity index (χ4v) is 4.98. The van der Waals surface area contributed by atoms with E-state index in [1.54, 1.807) is 12.1 Å². The normalized spacial score (nSPS) is 13.8. The van der Waals surface area contributed by atoms with Gasteiger partial charge < -0.3 is 9.47 Å². The second kappa shape index (κ2) is 7.76. The lowest BCUT2D eigenvalue weighted by Gasteiger charge is -2.19. The van der Waals surface area contributed by atoms with Gasteiger partial charge in [0.1, 0.15) is 19.0 Å². The molecule has 0 fully saturated rings. The van der Waals surface area contributed by atoms with E-state index in [9.17, 15) is 18.0 Å². The first-order valence-electron chi connectivity index (χ1n) is 9.28. The van der Waals surface area contributed by atoms with Crippen LogP contribution in [0.5, 0.6) is 5.75 Å². The van der Waals surface area contributed by atoms with Crippen molar-refractivity contribution in [2.45, 2.75) is 16.7 Å². The number of para-hydroxylation sites is 1. The van der Waals surface area contributed by atoms with E-state index >= 15 is 0 Å². The number of hydrogen-bond donors (Lipinski definition) is 0. The van der Waals surface area contributed by atoms with Crippen LogP contribution in [0.4, 0.5) is 0 Å². The molecule has 7 heteroatoms. The minimum absolute atomic E-state index is 0.00122. The number of benzene rings is 3. The third-order valence-electron chi connectivity index (χ3n) is 4.84. The number of fused-ring (bicyclic) bond motifs is 2. The summed E-state index contributed by atoms with van der Waals surface area (Å²) in [5.74, 6) is -0.375. The molecule has 1 heterocycles. The van der Waals surface area contributed by atoms with Gasteiger partial charge in [-0.1, -0.05) is 30.3 Å². The van der Waals surface area contributed by atoms with Crippen molar-refractivity contribution in [2.75, 3.05) is 13.2 Å². The number of rotatable bonds is 5. The van der Waals surface area contributed by atoms with Crippen molar-refractivity contribution in [3.05, 3.63) is 89.0 Å². The van der Waals surface area contributed by atoms with Gasteiger partial charge in [-0.2, -0.15) is 0 Å². The Hall–Kier alpha value is -3.45. The SMILES string of the molecule is Cc1ccccc1OCCOC(=O)c1ccc2c(c1)S(=O)(=O)c1ccccc1C2=O. The molecule has 152 valence electrons. The van der Waals surface area contributed by atoms with Crippen LogP contribution >= 0.6 is 0 Å². The molecule has 3 aromatic carbocycles. The van der Waals surface area contributed by atoms with Gasteiger partial charge >= 0.3 is 5.97 Å². The number of aryl methyl sites for hydroxylation is 1. The number of sulfone groups is 1. The number of ketones is 1. The third-order valence-corrected chi connectivity index (χ3v) is 6.69. The molecule has 0 aliphatic carbocycles. The average Bonchev–Trinajstić information content (AvgIpc) is 2.76. The van der Waals surface area contributed by atoms with Crippen LogP contribution < -0.4 is 4.74 Å². The van der Waals surface area contributed by atoms with Gasteiger partial charge in [-0.3, -0.25) is 4.79 Å². The first-order chi connectivity index (χ1) is 14.4. The quantitative estimate of drug-likeness (QED) is 0.361. The van der Waals surface area contributed by atoms with Crippen molar-refractivity contribution in [3.63, 3.8) is 0 Å². The summed E-state index contributed by atoms with van der Waals surface area (Å²) in [4.78, 5) is 24.8. The predicted octanol–water partition coefficient (Wildman–Crippen LogP) is 3.61. The van der Waals surface area contributed by atoms with E-state index in [-0.39, 0.29) is 45.5 Å². The highest BCUT2D eigenvalue weighted by Crippen LogP contribution is 2.34. The van der Waals surface area contributed by atoms with Crippen LogP contribution in [0.1, 0.15) is 31.8 Å². The van der Waals surface area contributed by atoms with Crippen LogP contribution in [0.2, 0.25) is 0 Å². The lowest BCUT2D eigenvalue weighted by molar-refractivity contribution is 0.0449. The zero-order valence-electron chi connectivity index (χ0n) is 16.1. The Kier molecular flexibility index (Phi) is 5.13. The highest BCUT2D eigenvalue weighted by atomic mass is 32.2. The molecule has 3 aromatic rings. The van der Waals surface area contributed by atoms with E-state index in [2.05, 4.69) is 0 Å². The molecule has 0 N–H and O–H groups in total. The lowest BCUT2D eigenvalue weighted by Crippen LogP contribution is -2.21. The van der Waals surface area contributed by atoms with Gasteiger partial charge in [0.05, 0.1) is 15.4 Å². The molecule has 0 atom stereocenters. The van der Waals surface area contributed by atoms with E-state index < -0.39 is 15.8 Å². The first-order valence-corrected chi connectivity index (χ1v) is 10.8. The summed E-state index contributed by atoms with van der Waals surface area (Å²) in [5, 5.41) is 0. The predicted molar refractivity (Wildman–Crippen MR) is 109 cm³/mol. The van der Waals surface area contributed by atoms with E-state index in [4.69, 9.17) is 9.47 Å². The summed E-state index contributed by atoms with van der Waals surface area (Å²) in [6, 6.07) is 17.5. The van der Waals surface area contributed by atoms with Crippen molar-refractivity contribution in [1.82, 2.24) is 0 Å². The fourth-order valence-electron chi connectivity index (χ4n) is 3.30. The Morgan fingerprint density at radius 3 is 2.37 bits per heavy atom. The van der Waals surface area contributed by atoms with E-state index in [0.29, 0.717) is 5.75 Å². The van der Waals surface area contributed by atoms with Crippen LogP contribution in [0.3, 0.4) is 0 Å². The molecule has 0 saturated carbocycles. The first kappa shape index (κ1) is 19.8. The molecular formula is C23H18O6S. The number of hydrogen-bond acceptors (Lipinski definition) is 6. The maximum atomic E-state index is 12.9. The Bertz CT molecular complexity index is 1260. The van der Waals surface area contributed by atoms with Crippen LogP contribution in [-0.4, -0.2) is 33.4 Å². The number of ether oxygens (including phenoxy) is 2. The minimum atomic E-state index is -3.91. The summed E-state index contributed by atoms with van der Waals surface area (Å²) < 4.78 is 36.7. The van der Waals surface area contributed by atoms with Crippen LogP contribution in [0.25, 0.3) is 0 Å². The molecule has 0 unspecified atom stereocenters. The van der Waals surface area contributed by atoms with Gasteiger partial charge in [-0.05, 0) is 48.9 Å². The Balaban J connectivity index is 1.50. The maximum absolute atomic E-state index is 12.9. The zero-order chi connectivity index (χ0) is 21.3. The molecule has 0 saturated heterocycles. The summed E-state index contributed by atoms with van der Waals surface area (Å²) >= 11 is 0. The van der Waals surface area contributed by atoms with E-state index in [0.717, 1.165) is 5.56 Å². The topological polar surface area (TPSA) is 86.7 Å². The fraction of sp³-hybridized carbons (Fsp3) is 0.130. The number of carbonyl (C=O) groups excluding carboxylic acids is 2. The highest BCUT2D eigenvalue weighted by Gasteiger charge is 2.35. The number of carbonyl (C=O) groups is 2. The van der Waals surface area contributed by atoms with Gasteiger partial charge in [0.15, 0.2) is 5.78 Å². The third kappa shape index (κ3) is 3.48. The largest absolute Gasteiger partial charge is 0.490 e.